The zero-order chi connectivity index (χ0) is 11.0. The topological polar surface area (TPSA) is 68.5 Å². The summed E-state index contributed by atoms with van der Waals surface area (Å²) in [7, 11) is -3.60. The van der Waals surface area contributed by atoms with Crippen LogP contribution in [0.5, 0.6) is 0 Å². The molecule has 80 valence electrons. The van der Waals surface area contributed by atoms with Gasteiger partial charge < -0.3 is 4.52 Å². The first-order valence-corrected chi connectivity index (χ1v) is 5.73. The van der Waals surface area contributed by atoms with Crippen molar-refractivity contribution in [2.24, 2.45) is 0 Å². The van der Waals surface area contributed by atoms with Gasteiger partial charge in [-0.05, 0) is 26.8 Å². The summed E-state index contributed by atoms with van der Waals surface area (Å²) >= 11 is 0. The van der Waals surface area contributed by atoms with Gasteiger partial charge in [0.15, 0.2) is 0 Å². The Hall–Kier alpha value is -0.820. The van der Waals surface area contributed by atoms with Crippen molar-refractivity contribution in [2.75, 3.05) is 13.2 Å². The molecule has 0 amide bonds. The molecular formula is C8H14NO4P. The number of hydrogen-bond acceptors (Lipinski definition) is 5. The van der Waals surface area contributed by atoms with Crippen molar-refractivity contribution in [3.05, 3.63) is 11.8 Å². The van der Waals surface area contributed by atoms with E-state index in [1.54, 1.807) is 26.8 Å². The first kappa shape index (κ1) is 13.2. The lowest BCUT2D eigenvalue weighted by atomic mass is 10.5. The second kappa shape index (κ2) is 6.61. The molecule has 0 aromatic heterocycles. The molecular weight excluding hydrogens is 205 g/mol. The van der Waals surface area contributed by atoms with Crippen LogP contribution < -0.4 is 0 Å². The van der Waals surface area contributed by atoms with Crippen molar-refractivity contribution < 1.29 is 18.1 Å². The Kier molecular flexibility index (Phi) is 6.22. The van der Waals surface area contributed by atoms with Gasteiger partial charge in [-0.1, -0.05) is 0 Å². The molecule has 0 aliphatic carbocycles. The molecule has 0 bridgehead atoms. The highest BCUT2D eigenvalue weighted by Gasteiger charge is 2.27. The van der Waals surface area contributed by atoms with E-state index in [1.807, 2.05) is 0 Å². The maximum absolute atomic E-state index is 11.7. The molecule has 0 aromatic rings. The molecule has 0 radical (unpaired) electrons. The van der Waals surface area contributed by atoms with Crippen molar-refractivity contribution in [1.82, 2.24) is 0 Å². The highest BCUT2D eigenvalue weighted by Crippen LogP contribution is 2.50. The van der Waals surface area contributed by atoms with Gasteiger partial charge in [-0.15, -0.1) is 0 Å². The summed E-state index contributed by atoms with van der Waals surface area (Å²) in [4.78, 5) is 0. The van der Waals surface area contributed by atoms with Crippen LogP contribution in [0.3, 0.4) is 0 Å². The fourth-order valence-corrected chi connectivity index (χ4v) is 1.86. The van der Waals surface area contributed by atoms with Crippen LogP contribution in [0, 0.1) is 11.3 Å². The SMILES string of the molecule is C/C=C(\C#N)OP(=O)(OCC)OCC. The lowest BCUT2D eigenvalue weighted by molar-refractivity contribution is 0.149. The first-order valence-electron chi connectivity index (χ1n) is 4.27. The zero-order valence-corrected chi connectivity index (χ0v) is 9.41. The van der Waals surface area contributed by atoms with Crippen LogP contribution in [0.25, 0.3) is 0 Å². The normalized spacial score (nSPS) is 12.3. The quantitative estimate of drug-likeness (QED) is 0.390. The molecule has 6 heteroatoms. The smallest absolute Gasteiger partial charge is 0.393 e. The van der Waals surface area contributed by atoms with E-state index in [4.69, 9.17) is 18.8 Å². The maximum atomic E-state index is 11.7. The zero-order valence-electron chi connectivity index (χ0n) is 8.52. The number of phosphoric ester groups is 1. The maximum Gasteiger partial charge on any atom is 0.530 e. The fourth-order valence-electron chi connectivity index (χ4n) is 0.664. The van der Waals surface area contributed by atoms with Crippen molar-refractivity contribution in [3.8, 4) is 6.07 Å². The Morgan fingerprint density at radius 2 is 1.93 bits per heavy atom. The monoisotopic (exact) mass is 219 g/mol. The molecule has 5 nitrogen and oxygen atoms in total. The number of nitrogens with zero attached hydrogens (tertiary/aromatic N) is 1. The van der Waals surface area contributed by atoms with Gasteiger partial charge >= 0.3 is 7.82 Å². The van der Waals surface area contributed by atoms with E-state index in [-0.39, 0.29) is 19.0 Å². The average molecular weight is 219 g/mol. The summed E-state index contributed by atoms with van der Waals surface area (Å²) in [6.07, 6.45) is 1.39. The fraction of sp³-hybridized carbons (Fsp3) is 0.625. The number of rotatable bonds is 6. The summed E-state index contributed by atoms with van der Waals surface area (Å²) < 4.78 is 26.2. The highest BCUT2D eigenvalue weighted by atomic mass is 31.2. The van der Waals surface area contributed by atoms with Gasteiger partial charge in [0, 0.05) is 0 Å². The molecule has 0 aliphatic heterocycles. The van der Waals surface area contributed by atoms with Crippen LogP contribution >= 0.6 is 7.82 Å². The summed E-state index contributed by atoms with van der Waals surface area (Å²) in [5.74, 6) is -0.0739. The average Bonchev–Trinajstić information content (AvgIpc) is 2.15. The van der Waals surface area contributed by atoms with Crippen LogP contribution in [0.2, 0.25) is 0 Å². The molecule has 0 saturated carbocycles. The second-order valence-corrected chi connectivity index (χ2v) is 3.73. The molecule has 0 atom stereocenters. The predicted molar refractivity (Wildman–Crippen MR) is 51.3 cm³/mol. The molecule has 0 spiro atoms. The largest absolute Gasteiger partial charge is 0.530 e. The highest BCUT2D eigenvalue weighted by molar-refractivity contribution is 7.48. The summed E-state index contributed by atoms with van der Waals surface area (Å²) in [6, 6.07) is 1.73. The Morgan fingerprint density at radius 3 is 2.21 bits per heavy atom. The molecule has 14 heavy (non-hydrogen) atoms. The Labute approximate surface area is 83.9 Å². The van der Waals surface area contributed by atoms with Crippen molar-refractivity contribution in [3.63, 3.8) is 0 Å². The first-order chi connectivity index (χ1) is 6.61. The number of nitriles is 1. The van der Waals surface area contributed by atoms with Crippen molar-refractivity contribution >= 4 is 7.82 Å². The van der Waals surface area contributed by atoms with Crippen LogP contribution in [0.1, 0.15) is 20.8 Å². The van der Waals surface area contributed by atoms with E-state index in [0.717, 1.165) is 0 Å². The predicted octanol–water partition coefficient (Wildman–Crippen LogP) is 2.61. The van der Waals surface area contributed by atoms with Gasteiger partial charge in [0.25, 0.3) is 0 Å². The third kappa shape index (κ3) is 4.43. The van der Waals surface area contributed by atoms with E-state index in [9.17, 15) is 4.57 Å². The standard InChI is InChI=1S/C8H14NO4P/c1-4-8(7-9)13-14(10,11-5-2)12-6-3/h4H,5-6H2,1-3H3/b8-4+. The minimum absolute atomic E-state index is 0.0739. The van der Waals surface area contributed by atoms with E-state index in [0.29, 0.717) is 0 Å². The van der Waals surface area contributed by atoms with Gasteiger partial charge in [0.05, 0.1) is 13.2 Å². The third-order valence-corrected chi connectivity index (χ3v) is 2.73. The number of allylic oxidation sites excluding steroid dienone is 2. The van der Waals surface area contributed by atoms with Gasteiger partial charge in [-0.3, -0.25) is 9.05 Å². The summed E-state index contributed by atoms with van der Waals surface area (Å²) in [6.45, 7) is 5.31. The third-order valence-electron chi connectivity index (χ3n) is 1.16. The van der Waals surface area contributed by atoms with Crippen LogP contribution in [0.15, 0.2) is 11.8 Å². The lowest BCUT2D eigenvalue weighted by Gasteiger charge is -2.15. The second-order valence-electron chi connectivity index (χ2n) is 2.14. The van der Waals surface area contributed by atoms with Gasteiger partial charge in [-0.2, -0.15) is 5.26 Å². The number of phosphoric acid groups is 1. The Balaban J connectivity index is 4.53. The summed E-state index contributed by atoms with van der Waals surface area (Å²) in [5, 5.41) is 8.55. The molecule has 0 N–H and O–H groups in total. The van der Waals surface area contributed by atoms with Crippen LogP contribution in [-0.4, -0.2) is 13.2 Å². The van der Waals surface area contributed by atoms with E-state index in [2.05, 4.69) is 0 Å². The minimum Gasteiger partial charge on any atom is -0.393 e. The molecule has 0 saturated heterocycles. The molecule has 0 aliphatic rings. The van der Waals surface area contributed by atoms with Crippen molar-refractivity contribution in [2.45, 2.75) is 20.8 Å². The van der Waals surface area contributed by atoms with Crippen molar-refractivity contribution in [1.29, 1.82) is 5.26 Å². The van der Waals surface area contributed by atoms with Crippen LogP contribution in [-0.2, 0) is 18.1 Å². The van der Waals surface area contributed by atoms with E-state index in [1.165, 1.54) is 6.08 Å². The van der Waals surface area contributed by atoms with Gasteiger partial charge in [0.2, 0.25) is 5.76 Å². The number of hydrogen-bond donors (Lipinski definition) is 0. The van der Waals surface area contributed by atoms with Gasteiger partial charge in [0.1, 0.15) is 6.07 Å². The molecule has 0 unspecified atom stereocenters. The molecule has 0 heterocycles. The Bertz CT molecular complexity index is 272. The van der Waals surface area contributed by atoms with E-state index < -0.39 is 7.82 Å². The minimum atomic E-state index is -3.60. The lowest BCUT2D eigenvalue weighted by Crippen LogP contribution is -1.99. The van der Waals surface area contributed by atoms with Crippen LogP contribution in [0.4, 0.5) is 0 Å². The van der Waals surface area contributed by atoms with Gasteiger partial charge in [-0.25, -0.2) is 4.57 Å². The molecule has 0 aromatic carbocycles. The summed E-state index contributed by atoms with van der Waals surface area (Å²) in [5.41, 5.74) is 0. The van der Waals surface area contributed by atoms with E-state index >= 15 is 0 Å². The molecule has 0 fully saturated rings. The molecule has 0 rings (SSSR count). The Morgan fingerprint density at radius 1 is 1.43 bits per heavy atom.